The van der Waals surface area contributed by atoms with Crippen LogP contribution >= 0.6 is 27.5 Å². The van der Waals surface area contributed by atoms with Crippen LogP contribution in [0.25, 0.3) is 11.4 Å². The fraction of sp³-hybridized carbons (Fsp3) is 0.385. The Morgan fingerprint density at radius 3 is 2.68 bits per heavy atom. The van der Waals surface area contributed by atoms with Crippen molar-refractivity contribution in [2.24, 2.45) is 5.92 Å². The molecule has 0 aliphatic carbocycles. The Bertz CT molecular complexity index is 583. The number of rotatable bonds is 4. The second-order valence-electron chi connectivity index (χ2n) is 4.70. The van der Waals surface area contributed by atoms with E-state index in [4.69, 9.17) is 11.6 Å². The zero-order valence-electron chi connectivity index (χ0n) is 10.7. The molecule has 1 aromatic heterocycles. The summed E-state index contributed by atoms with van der Waals surface area (Å²) in [6, 6.07) is 4.53. The van der Waals surface area contributed by atoms with Crippen molar-refractivity contribution >= 4 is 27.5 Å². The van der Waals surface area contributed by atoms with Crippen LogP contribution in [-0.2, 0) is 12.4 Å². The van der Waals surface area contributed by atoms with Crippen molar-refractivity contribution in [3.8, 4) is 11.4 Å². The maximum atomic E-state index is 13.2. The van der Waals surface area contributed by atoms with E-state index in [1.54, 1.807) is 6.07 Å². The van der Waals surface area contributed by atoms with E-state index in [0.29, 0.717) is 22.1 Å². The van der Waals surface area contributed by atoms with E-state index in [0.717, 1.165) is 17.9 Å². The first-order valence-electron chi connectivity index (χ1n) is 5.96. The van der Waals surface area contributed by atoms with Crippen LogP contribution in [0.1, 0.15) is 19.7 Å². The van der Waals surface area contributed by atoms with Gasteiger partial charge in [0.05, 0.1) is 5.88 Å². The lowest BCUT2D eigenvalue weighted by molar-refractivity contribution is 0.515. The molecule has 3 nitrogen and oxygen atoms in total. The minimum atomic E-state index is -0.289. The highest BCUT2D eigenvalue weighted by Crippen LogP contribution is 2.28. The van der Waals surface area contributed by atoms with Crippen LogP contribution in [0.5, 0.6) is 0 Å². The van der Waals surface area contributed by atoms with E-state index < -0.39 is 0 Å². The maximum Gasteiger partial charge on any atom is 0.165 e. The second-order valence-corrected chi connectivity index (χ2v) is 5.82. The second kappa shape index (κ2) is 6.01. The molecule has 102 valence electrons. The lowest BCUT2D eigenvalue weighted by Gasteiger charge is -2.12. The van der Waals surface area contributed by atoms with Crippen LogP contribution in [0, 0.1) is 11.7 Å². The summed E-state index contributed by atoms with van der Waals surface area (Å²) in [6.45, 7) is 5.00. The summed E-state index contributed by atoms with van der Waals surface area (Å²) in [5.41, 5.74) is 0.811. The molecule has 2 aromatic rings. The number of hydrogen-bond acceptors (Lipinski definition) is 2. The molecule has 6 heteroatoms. The minimum absolute atomic E-state index is 0.289. The van der Waals surface area contributed by atoms with Crippen molar-refractivity contribution in [2.45, 2.75) is 26.3 Å². The molecule has 0 saturated heterocycles. The first kappa shape index (κ1) is 14.5. The summed E-state index contributed by atoms with van der Waals surface area (Å²) >= 11 is 9.25. The average molecular weight is 347 g/mol. The molecule has 0 bridgehead atoms. The van der Waals surface area contributed by atoms with Crippen molar-refractivity contribution in [1.29, 1.82) is 0 Å². The van der Waals surface area contributed by atoms with Crippen LogP contribution in [0.3, 0.4) is 0 Å². The Labute approximate surface area is 124 Å². The third-order valence-corrected chi connectivity index (χ3v) is 3.56. The molecule has 0 saturated carbocycles. The molecule has 0 aliphatic rings. The highest BCUT2D eigenvalue weighted by atomic mass is 79.9. The fourth-order valence-electron chi connectivity index (χ4n) is 1.86. The number of benzene rings is 1. The van der Waals surface area contributed by atoms with E-state index in [2.05, 4.69) is 40.0 Å². The zero-order chi connectivity index (χ0) is 14.0. The lowest BCUT2D eigenvalue weighted by Crippen LogP contribution is -2.09. The van der Waals surface area contributed by atoms with Gasteiger partial charge in [-0.2, -0.15) is 0 Å². The topological polar surface area (TPSA) is 30.7 Å². The third kappa shape index (κ3) is 3.15. The Balaban J connectivity index is 2.52. The monoisotopic (exact) mass is 345 g/mol. The summed E-state index contributed by atoms with van der Waals surface area (Å²) in [5, 5.41) is 8.27. The van der Waals surface area contributed by atoms with E-state index in [-0.39, 0.29) is 5.82 Å². The van der Waals surface area contributed by atoms with Crippen molar-refractivity contribution in [2.75, 3.05) is 0 Å². The largest absolute Gasteiger partial charge is 0.310 e. The molecule has 0 aliphatic heterocycles. The van der Waals surface area contributed by atoms with Crippen LogP contribution in [0.4, 0.5) is 4.39 Å². The number of hydrogen-bond donors (Lipinski definition) is 0. The molecule has 0 radical (unpaired) electrons. The maximum absolute atomic E-state index is 13.2. The molecule has 0 N–H and O–H groups in total. The third-order valence-electron chi connectivity index (χ3n) is 2.67. The van der Waals surface area contributed by atoms with Crippen LogP contribution in [-0.4, -0.2) is 14.8 Å². The summed E-state index contributed by atoms with van der Waals surface area (Å²) in [4.78, 5) is 0. The first-order chi connectivity index (χ1) is 9.02. The lowest BCUT2D eigenvalue weighted by atomic mass is 10.2. The van der Waals surface area contributed by atoms with Gasteiger partial charge in [0.15, 0.2) is 5.82 Å². The molecule has 0 fully saturated rings. The SMILES string of the molecule is CC(C)Cn1c(CCl)nnc1-c1ccc(F)cc1Br. The van der Waals surface area contributed by atoms with Gasteiger partial charge in [-0.3, -0.25) is 0 Å². The molecular weight excluding hydrogens is 333 g/mol. The Kier molecular flexibility index (Phi) is 4.58. The highest BCUT2D eigenvalue weighted by Gasteiger charge is 2.16. The number of nitrogens with zero attached hydrogens (tertiary/aromatic N) is 3. The summed E-state index contributed by atoms with van der Waals surface area (Å²) in [6.07, 6.45) is 0. The Hall–Kier alpha value is -0.940. The van der Waals surface area contributed by atoms with Gasteiger partial charge in [-0.1, -0.05) is 13.8 Å². The number of alkyl halides is 1. The van der Waals surface area contributed by atoms with Gasteiger partial charge in [-0.15, -0.1) is 21.8 Å². The van der Waals surface area contributed by atoms with Crippen molar-refractivity contribution in [3.05, 3.63) is 34.3 Å². The van der Waals surface area contributed by atoms with Gasteiger partial charge in [-0.25, -0.2) is 4.39 Å². The summed E-state index contributed by atoms with van der Waals surface area (Å²) in [7, 11) is 0. The van der Waals surface area contributed by atoms with Gasteiger partial charge < -0.3 is 4.57 Å². The van der Waals surface area contributed by atoms with Crippen LogP contribution in [0.15, 0.2) is 22.7 Å². The van der Waals surface area contributed by atoms with Gasteiger partial charge >= 0.3 is 0 Å². The molecule has 0 atom stereocenters. The molecule has 19 heavy (non-hydrogen) atoms. The molecule has 2 rings (SSSR count). The predicted molar refractivity (Wildman–Crippen MR) is 77.5 cm³/mol. The standard InChI is InChI=1S/C13H14BrClFN3/c1-8(2)7-19-12(6-15)17-18-13(19)10-4-3-9(16)5-11(10)14/h3-5,8H,6-7H2,1-2H3. The van der Waals surface area contributed by atoms with Gasteiger partial charge in [-0.05, 0) is 40.0 Å². The smallest absolute Gasteiger partial charge is 0.165 e. The highest BCUT2D eigenvalue weighted by molar-refractivity contribution is 9.10. The Morgan fingerprint density at radius 2 is 2.11 bits per heavy atom. The Morgan fingerprint density at radius 1 is 1.37 bits per heavy atom. The fourth-order valence-corrected chi connectivity index (χ4v) is 2.59. The zero-order valence-corrected chi connectivity index (χ0v) is 13.0. The van der Waals surface area contributed by atoms with Gasteiger partial charge in [0.25, 0.3) is 0 Å². The molecular formula is C13H14BrClFN3. The normalized spacial score (nSPS) is 11.3. The van der Waals surface area contributed by atoms with Gasteiger partial charge in [0.1, 0.15) is 11.6 Å². The first-order valence-corrected chi connectivity index (χ1v) is 7.29. The molecule has 1 aromatic carbocycles. The summed E-state index contributed by atoms with van der Waals surface area (Å²) < 4.78 is 15.8. The van der Waals surface area contributed by atoms with Gasteiger partial charge in [0, 0.05) is 16.6 Å². The van der Waals surface area contributed by atoms with Crippen LogP contribution in [0.2, 0.25) is 0 Å². The van der Waals surface area contributed by atoms with Crippen molar-refractivity contribution in [1.82, 2.24) is 14.8 Å². The summed E-state index contributed by atoms with van der Waals surface area (Å²) in [5.74, 6) is 1.88. The van der Waals surface area contributed by atoms with E-state index in [1.165, 1.54) is 12.1 Å². The molecule has 0 amide bonds. The van der Waals surface area contributed by atoms with Crippen LogP contribution < -0.4 is 0 Å². The number of aromatic nitrogens is 3. The van der Waals surface area contributed by atoms with Crippen molar-refractivity contribution < 1.29 is 4.39 Å². The molecule has 0 unspecified atom stereocenters. The number of halogens is 3. The average Bonchev–Trinajstić information content (AvgIpc) is 2.71. The van der Waals surface area contributed by atoms with Crippen molar-refractivity contribution in [3.63, 3.8) is 0 Å². The predicted octanol–water partition coefficient (Wildman–Crippen LogP) is 4.24. The van der Waals surface area contributed by atoms with E-state index in [1.807, 2.05) is 4.57 Å². The quantitative estimate of drug-likeness (QED) is 0.775. The van der Waals surface area contributed by atoms with Gasteiger partial charge in [0.2, 0.25) is 0 Å². The minimum Gasteiger partial charge on any atom is -0.310 e. The molecule has 0 spiro atoms. The van der Waals surface area contributed by atoms with E-state index >= 15 is 0 Å². The van der Waals surface area contributed by atoms with E-state index in [9.17, 15) is 4.39 Å². The molecule has 1 heterocycles.